The first-order chi connectivity index (χ1) is 7.24. The molecule has 2 bridgehead atoms. The number of phenolic OH excluding ortho intramolecular Hbond substituents is 1. The lowest BCUT2D eigenvalue weighted by atomic mass is 9.83. The maximum absolute atomic E-state index is 9.52. The van der Waals surface area contributed by atoms with Gasteiger partial charge in [-0.25, -0.2) is 0 Å². The smallest absolute Gasteiger partial charge is 0.118 e. The number of aryl methyl sites for hydroxylation is 1. The van der Waals surface area contributed by atoms with Crippen molar-refractivity contribution < 1.29 is 5.11 Å². The number of fused-ring (bicyclic) bond motifs is 2. The molecule has 0 heterocycles. The largest absolute Gasteiger partial charge is 0.508 e. The van der Waals surface area contributed by atoms with Crippen LogP contribution in [-0.4, -0.2) is 5.11 Å². The number of aromatic hydroxyl groups is 1. The average Bonchev–Trinajstić information content (AvgIpc) is 2.83. The van der Waals surface area contributed by atoms with Gasteiger partial charge in [-0.2, -0.15) is 0 Å². The summed E-state index contributed by atoms with van der Waals surface area (Å²) in [5, 5.41) is 9.52. The summed E-state index contributed by atoms with van der Waals surface area (Å²) in [7, 11) is 0. The van der Waals surface area contributed by atoms with Crippen molar-refractivity contribution in [3.63, 3.8) is 0 Å². The zero-order valence-corrected chi connectivity index (χ0v) is 9.24. The molecule has 1 nitrogen and oxygen atoms in total. The van der Waals surface area contributed by atoms with E-state index in [-0.39, 0.29) is 0 Å². The molecule has 80 valence electrons. The minimum absolute atomic E-state index is 0.432. The van der Waals surface area contributed by atoms with Crippen LogP contribution in [0.2, 0.25) is 0 Å². The highest BCUT2D eigenvalue weighted by molar-refractivity contribution is 5.37. The monoisotopic (exact) mass is 202 g/mol. The Hall–Kier alpha value is -0.980. The SMILES string of the molecule is Cc1cc([C@@H]2CC3CCC2C3)ccc1O. The van der Waals surface area contributed by atoms with Gasteiger partial charge in [-0.15, -0.1) is 0 Å². The molecule has 1 heteroatoms. The summed E-state index contributed by atoms with van der Waals surface area (Å²) in [6, 6.07) is 6.16. The van der Waals surface area contributed by atoms with E-state index in [9.17, 15) is 5.11 Å². The van der Waals surface area contributed by atoms with Gasteiger partial charge < -0.3 is 5.11 Å². The maximum atomic E-state index is 9.52. The minimum Gasteiger partial charge on any atom is -0.508 e. The van der Waals surface area contributed by atoms with E-state index in [4.69, 9.17) is 0 Å². The number of phenols is 1. The summed E-state index contributed by atoms with van der Waals surface area (Å²) in [6.07, 6.45) is 5.72. The highest BCUT2D eigenvalue weighted by atomic mass is 16.3. The van der Waals surface area contributed by atoms with Crippen molar-refractivity contribution in [2.75, 3.05) is 0 Å². The molecule has 15 heavy (non-hydrogen) atoms. The first-order valence-electron chi connectivity index (χ1n) is 6.03. The van der Waals surface area contributed by atoms with E-state index in [1.165, 1.54) is 31.2 Å². The molecule has 0 spiro atoms. The number of hydrogen-bond acceptors (Lipinski definition) is 1. The average molecular weight is 202 g/mol. The molecule has 2 aliphatic carbocycles. The fourth-order valence-electron chi connectivity index (χ4n) is 3.56. The highest BCUT2D eigenvalue weighted by Crippen LogP contribution is 2.53. The molecule has 3 atom stereocenters. The Balaban J connectivity index is 1.90. The zero-order chi connectivity index (χ0) is 10.4. The standard InChI is InChI=1S/C14H18O/c1-9-6-11(4-5-14(9)15)13-8-10-2-3-12(13)7-10/h4-6,10,12-13,15H,2-3,7-8H2,1H3/t10?,12?,13-/m0/s1. The van der Waals surface area contributed by atoms with Crippen LogP contribution in [-0.2, 0) is 0 Å². The van der Waals surface area contributed by atoms with Crippen LogP contribution in [0.4, 0.5) is 0 Å². The van der Waals surface area contributed by atoms with Crippen molar-refractivity contribution in [3.05, 3.63) is 29.3 Å². The van der Waals surface area contributed by atoms with Gasteiger partial charge >= 0.3 is 0 Å². The van der Waals surface area contributed by atoms with Crippen molar-refractivity contribution >= 4 is 0 Å². The van der Waals surface area contributed by atoms with E-state index >= 15 is 0 Å². The Kier molecular flexibility index (Phi) is 2.01. The molecule has 2 aliphatic rings. The summed E-state index contributed by atoms with van der Waals surface area (Å²) in [5.74, 6) is 3.14. The van der Waals surface area contributed by atoms with Crippen molar-refractivity contribution in [3.8, 4) is 5.75 Å². The number of hydrogen-bond donors (Lipinski definition) is 1. The first kappa shape index (κ1) is 9.26. The molecule has 0 saturated heterocycles. The fraction of sp³-hybridized carbons (Fsp3) is 0.571. The molecule has 1 aromatic carbocycles. The Labute approximate surface area is 91.1 Å². The van der Waals surface area contributed by atoms with Crippen LogP contribution in [0.3, 0.4) is 0 Å². The van der Waals surface area contributed by atoms with E-state index in [1.807, 2.05) is 13.0 Å². The molecule has 3 rings (SSSR count). The summed E-state index contributed by atoms with van der Waals surface area (Å²) in [6.45, 7) is 1.99. The summed E-state index contributed by atoms with van der Waals surface area (Å²) < 4.78 is 0. The predicted octanol–water partition coefficient (Wildman–Crippen LogP) is 3.60. The van der Waals surface area contributed by atoms with Crippen molar-refractivity contribution in [1.82, 2.24) is 0 Å². The number of rotatable bonds is 1. The summed E-state index contributed by atoms with van der Waals surface area (Å²) >= 11 is 0. The first-order valence-corrected chi connectivity index (χ1v) is 6.03. The van der Waals surface area contributed by atoms with Gasteiger partial charge in [-0.1, -0.05) is 18.6 Å². The molecule has 0 aliphatic heterocycles. The van der Waals surface area contributed by atoms with E-state index in [0.29, 0.717) is 5.75 Å². The van der Waals surface area contributed by atoms with Crippen LogP contribution in [0, 0.1) is 18.8 Å². The van der Waals surface area contributed by atoms with Gasteiger partial charge in [0.25, 0.3) is 0 Å². The van der Waals surface area contributed by atoms with Gasteiger partial charge in [0.15, 0.2) is 0 Å². The van der Waals surface area contributed by atoms with Crippen LogP contribution in [0.5, 0.6) is 5.75 Å². The van der Waals surface area contributed by atoms with E-state index in [2.05, 4.69) is 12.1 Å². The maximum Gasteiger partial charge on any atom is 0.118 e. The summed E-state index contributed by atoms with van der Waals surface area (Å²) in [4.78, 5) is 0. The molecular formula is C14H18O. The van der Waals surface area contributed by atoms with Crippen LogP contribution in [0.1, 0.15) is 42.7 Å². The normalized spacial score (nSPS) is 33.5. The van der Waals surface area contributed by atoms with Crippen molar-refractivity contribution in [2.24, 2.45) is 11.8 Å². The third-order valence-electron chi connectivity index (χ3n) is 4.39. The van der Waals surface area contributed by atoms with Crippen LogP contribution in [0.15, 0.2) is 18.2 Å². The minimum atomic E-state index is 0.432. The quantitative estimate of drug-likeness (QED) is 0.737. The second-order valence-corrected chi connectivity index (χ2v) is 5.33. The second-order valence-electron chi connectivity index (χ2n) is 5.33. The zero-order valence-electron chi connectivity index (χ0n) is 9.24. The van der Waals surface area contributed by atoms with E-state index < -0.39 is 0 Å². The predicted molar refractivity (Wildman–Crippen MR) is 61.0 cm³/mol. The van der Waals surface area contributed by atoms with Gasteiger partial charge in [0.05, 0.1) is 0 Å². The molecule has 2 fully saturated rings. The van der Waals surface area contributed by atoms with Crippen molar-refractivity contribution in [2.45, 2.75) is 38.5 Å². The molecule has 1 N–H and O–H groups in total. The van der Waals surface area contributed by atoms with Crippen LogP contribution >= 0.6 is 0 Å². The Morgan fingerprint density at radius 1 is 1.20 bits per heavy atom. The molecule has 0 amide bonds. The third-order valence-corrected chi connectivity index (χ3v) is 4.39. The lowest BCUT2D eigenvalue weighted by Crippen LogP contribution is -2.08. The van der Waals surface area contributed by atoms with Gasteiger partial charge in [-0.05, 0) is 61.1 Å². The third kappa shape index (κ3) is 1.45. The van der Waals surface area contributed by atoms with Gasteiger partial charge in [0, 0.05) is 0 Å². The lowest BCUT2D eigenvalue weighted by Gasteiger charge is -2.22. The molecule has 1 aromatic rings. The van der Waals surface area contributed by atoms with Crippen LogP contribution in [0.25, 0.3) is 0 Å². The van der Waals surface area contributed by atoms with Gasteiger partial charge in [0.2, 0.25) is 0 Å². The molecule has 2 unspecified atom stereocenters. The highest BCUT2D eigenvalue weighted by Gasteiger charge is 2.40. The van der Waals surface area contributed by atoms with Gasteiger partial charge in [0.1, 0.15) is 5.75 Å². The molecule has 2 saturated carbocycles. The fourth-order valence-corrected chi connectivity index (χ4v) is 3.56. The lowest BCUT2D eigenvalue weighted by molar-refractivity contribution is 0.418. The van der Waals surface area contributed by atoms with Gasteiger partial charge in [-0.3, -0.25) is 0 Å². The van der Waals surface area contributed by atoms with E-state index in [0.717, 1.165) is 23.3 Å². The summed E-state index contributed by atoms with van der Waals surface area (Å²) in [5.41, 5.74) is 2.48. The van der Waals surface area contributed by atoms with E-state index in [1.54, 1.807) is 0 Å². The van der Waals surface area contributed by atoms with Crippen LogP contribution < -0.4 is 0 Å². The Bertz CT molecular complexity index is 383. The Morgan fingerprint density at radius 3 is 2.67 bits per heavy atom. The topological polar surface area (TPSA) is 20.2 Å². The number of benzene rings is 1. The Morgan fingerprint density at radius 2 is 2.07 bits per heavy atom. The molecule has 0 radical (unpaired) electrons. The second kappa shape index (κ2) is 3.26. The molecule has 0 aromatic heterocycles. The molecular weight excluding hydrogens is 184 g/mol. The van der Waals surface area contributed by atoms with Crippen molar-refractivity contribution in [1.29, 1.82) is 0 Å².